The van der Waals surface area contributed by atoms with Gasteiger partial charge in [0.2, 0.25) is 0 Å². The average Bonchev–Trinajstić information content (AvgIpc) is 3.24. The molecule has 0 aromatic carbocycles. The number of carbonyl (C=O) groups is 1. The van der Waals surface area contributed by atoms with Crippen molar-refractivity contribution in [1.29, 1.82) is 0 Å². The summed E-state index contributed by atoms with van der Waals surface area (Å²) >= 11 is 1.71. The van der Waals surface area contributed by atoms with Gasteiger partial charge >= 0.3 is 0 Å². The maximum Gasteiger partial charge on any atom is 0.267 e. The molecule has 2 saturated heterocycles. The molecule has 1 spiro atoms. The quantitative estimate of drug-likeness (QED) is 0.885. The molecular formula is C18H24N4O2S. The molecule has 0 radical (unpaired) electrons. The van der Waals surface area contributed by atoms with Crippen LogP contribution in [0, 0.1) is 5.92 Å². The van der Waals surface area contributed by atoms with E-state index in [1.165, 1.54) is 5.01 Å². The van der Waals surface area contributed by atoms with Crippen LogP contribution >= 0.6 is 11.3 Å². The van der Waals surface area contributed by atoms with Gasteiger partial charge in [-0.25, -0.2) is 4.98 Å². The van der Waals surface area contributed by atoms with E-state index in [0.717, 1.165) is 39.1 Å². The normalized spacial score (nSPS) is 22.7. The molecule has 1 N–H and O–H groups in total. The molecule has 7 heteroatoms. The van der Waals surface area contributed by atoms with Crippen LogP contribution in [-0.2, 0) is 18.3 Å². The van der Waals surface area contributed by atoms with E-state index in [2.05, 4.69) is 15.2 Å². The average molecular weight is 360 g/mol. The lowest BCUT2D eigenvalue weighted by Gasteiger charge is -2.52. The van der Waals surface area contributed by atoms with E-state index in [1.807, 2.05) is 41.5 Å². The first-order valence-electron chi connectivity index (χ1n) is 8.78. The first-order chi connectivity index (χ1) is 12.1. The fraction of sp³-hybridized carbons (Fsp3) is 0.556. The molecule has 1 atom stereocenters. The highest BCUT2D eigenvalue weighted by Gasteiger charge is 2.46. The summed E-state index contributed by atoms with van der Waals surface area (Å²) in [4.78, 5) is 18.9. The van der Waals surface area contributed by atoms with Crippen LogP contribution in [0.5, 0.6) is 0 Å². The van der Waals surface area contributed by atoms with Crippen LogP contribution < -0.4 is 5.32 Å². The molecule has 2 aliphatic rings. The third-order valence-electron chi connectivity index (χ3n) is 5.23. The van der Waals surface area contributed by atoms with Gasteiger partial charge in [0.15, 0.2) is 0 Å². The first-order valence-corrected chi connectivity index (χ1v) is 9.66. The van der Waals surface area contributed by atoms with Crippen LogP contribution in [0.15, 0.2) is 29.9 Å². The zero-order valence-electron chi connectivity index (χ0n) is 14.5. The van der Waals surface area contributed by atoms with E-state index >= 15 is 0 Å². The summed E-state index contributed by atoms with van der Waals surface area (Å²) in [6, 6.07) is 3.73. The van der Waals surface area contributed by atoms with Crippen LogP contribution in [0.1, 0.15) is 28.3 Å². The number of aromatic nitrogens is 2. The number of hydrogen-bond acceptors (Lipinski definition) is 5. The minimum absolute atomic E-state index is 0.00828. The van der Waals surface area contributed by atoms with Gasteiger partial charge in [-0.3, -0.25) is 9.69 Å². The number of aryl methyl sites for hydroxylation is 1. The van der Waals surface area contributed by atoms with Gasteiger partial charge in [0.05, 0.1) is 18.8 Å². The zero-order valence-corrected chi connectivity index (χ0v) is 15.3. The largest absolute Gasteiger partial charge is 0.372 e. The van der Waals surface area contributed by atoms with E-state index in [1.54, 1.807) is 11.3 Å². The lowest BCUT2D eigenvalue weighted by atomic mass is 9.83. The smallest absolute Gasteiger partial charge is 0.267 e. The number of hydrogen-bond donors (Lipinski definition) is 1. The summed E-state index contributed by atoms with van der Waals surface area (Å²) < 4.78 is 8.04. The van der Waals surface area contributed by atoms with E-state index < -0.39 is 0 Å². The molecule has 2 aliphatic heterocycles. The monoisotopic (exact) mass is 360 g/mol. The lowest BCUT2D eigenvalue weighted by Crippen LogP contribution is -2.64. The van der Waals surface area contributed by atoms with Crippen molar-refractivity contribution in [2.75, 3.05) is 26.2 Å². The summed E-state index contributed by atoms with van der Waals surface area (Å²) in [6.45, 7) is 4.34. The zero-order chi connectivity index (χ0) is 17.3. The Morgan fingerprint density at radius 3 is 3.04 bits per heavy atom. The second-order valence-corrected chi connectivity index (χ2v) is 8.16. The van der Waals surface area contributed by atoms with Crippen molar-refractivity contribution in [3.63, 3.8) is 0 Å². The van der Waals surface area contributed by atoms with Crippen molar-refractivity contribution in [3.8, 4) is 0 Å². The highest BCUT2D eigenvalue weighted by atomic mass is 32.1. The number of carbonyl (C=O) groups excluding carboxylic acids is 1. The number of nitrogens with one attached hydrogen (secondary N) is 1. The number of likely N-dealkylation sites (tertiary alicyclic amines) is 1. The molecule has 134 valence electrons. The topological polar surface area (TPSA) is 59.4 Å². The molecule has 1 amide bonds. The Morgan fingerprint density at radius 1 is 1.52 bits per heavy atom. The van der Waals surface area contributed by atoms with Crippen LogP contribution in [0.3, 0.4) is 0 Å². The maximum absolute atomic E-state index is 12.2. The minimum Gasteiger partial charge on any atom is -0.372 e. The third-order valence-corrected chi connectivity index (χ3v) is 5.99. The summed E-state index contributed by atoms with van der Waals surface area (Å²) in [7, 11) is 1.89. The molecular weight excluding hydrogens is 336 g/mol. The van der Waals surface area contributed by atoms with Gasteiger partial charge < -0.3 is 14.6 Å². The van der Waals surface area contributed by atoms with Gasteiger partial charge in [0.25, 0.3) is 5.91 Å². The predicted octanol–water partition coefficient (Wildman–Crippen LogP) is 1.89. The van der Waals surface area contributed by atoms with Gasteiger partial charge in [-0.2, -0.15) is 0 Å². The number of ether oxygens (including phenoxy) is 1. The van der Waals surface area contributed by atoms with Crippen LogP contribution in [0.4, 0.5) is 0 Å². The molecule has 25 heavy (non-hydrogen) atoms. The third kappa shape index (κ3) is 3.63. The van der Waals surface area contributed by atoms with Gasteiger partial charge in [-0.15, -0.1) is 11.3 Å². The van der Waals surface area contributed by atoms with Crippen molar-refractivity contribution in [2.24, 2.45) is 13.0 Å². The predicted molar refractivity (Wildman–Crippen MR) is 96.5 cm³/mol. The SMILES string of the molecule is Cn1cccc1C(=O)NC[C@@H]1CCC2(CN(Cc3nccs3)C2)OC1. The summed E-state index contributed by atoms with van der Waals surface area (Å²) in [5.74, 6) is 0.397. The van der Waals surface area contributed by atoms with Gasteiger partial charge in [-0.1, -0.05) is 0 Å². The molecule has 2 aromatic heterocycles. The first kappa shape index (κ1) is 16.8. The molecule has 0 saturated carbocycles. The Balaban J connectivity index is 1.19. The van der Waals surface area contributed by atoms with E-state index in [4.69, 9.17) is 4.74 Å². The fourth-order valence-electron chi connectivity index (χ4n) is 3.76. The Morgan fingerprint density at radius 2 is 2.40 bits per heavy atom. The van der Waals surface area contributed by atoms with Crippen LogP contribution in [0.2, 0.25) is 0 Å². The number of thiazole rings is 1. The molecule has 0 unspecified atom stereocenters. The van der Waals surface area contributed by atoms with E-state index in [9.17, 15) is 4.79 Å². The van der Waals surface area contributed by atoms with Crippen molar-refractivity contribution >= 4 is 17.2 Å². The second kappa shape index (κ2) is 6.90. The minimum atomic E-state index is -0.00828. The van der Waals surface area contributed by atoms with E-state index in [-0.39, 0.29) is 11.5 Å². The van der Waals surface area contributed by atoms with Gasteiger partial charge in [0, 0.05) is 44.5 Å². The second-order valence-electron chi connectivity index (χ2n) is 7.18. The number of rotatable bonds is 5. The van der Waals surface area contributed by atoms with Crippen molar-refractivity contribution in [3.05, 3.63) is 40.6 Å². The molecule has 2 aromatic rings. The van der Waals surface area contributed by atoms with E-state index in [0.29, 0.717) is 18.2 Å². The maximum atomic E-state index is 12.2. The highest BCUT2D eigenvalue weighted by Crippen LogP contribution is 2.36. The molecule has 2 fully saturated rings. The summed E-state index contributed by atoms with van der Waals surface area (Å²) in [5, 5.41) is 6.24. The fourth-order valence-corrected chi connectivity index (χ4v) is 4.41. The standard InChI is InChI=1S/C18H24N4O2S/c1-21-7-2-3-15(21)17(23)20-9-14-4-5-18(24-11-14)12-22(13-18)10-16-19-6-8-25-16/h2-3,6-8,14H,4-5,9-13H2,1H3,(H,20,23)/t14-/m0/s1. The van der Waals surface area contributed by atoms with Crippen molar-refractivity contribution in [2.45, 2.75) is 25.0 Å². The molecule has 0 bridgehead atoms. The highest BCUT2D eigenvalue weighted by molar-refractivity contribution is 7.09. The Kier molecular flexibility index (Phi) is 4.62. The molecule has 0 aliphatic carbocycles. The van der Waals surface area contributed by atoms with Crippen LogP contribution in [0.25, 0.3) is 0 Å². The molecule has 4 rings (SSSR count). The Hall–Kier alpha value is -1.70. The Labute approximate surface area is 151 Å². The number of amides is 1. The van der Waals surface area contributed by atoms with Gasteiger partial charge in [-0.05, 0) is 30.9 Å². The van der Waals surface area contributed by atoms with Crippen molar-refractivity contribution < 1.29 is 9.53 Å². The summed E-state index contributed by atoms with van der Waals surface area (Å²) in [6.07, 6.45) is 5.93. The van der Waals surface area contributed by atoms with Crippen molar-refractivity contribution in [1.82, 2.24) is 19.8 Å². The van der Waals surface area contributed by atoms with Crippen LogP contribution in [-0.4, -0.2) is 52.2 Å². The Bertz CT molecular complexity index is 711. The number of nitrogens with zero attached hydrogens (tertiary/aromatic N) is 3. The van der Waals surface area contributed by atoms with Gasteiger partial charge in [0.1, 0.15) is 10.7 Å². The molecule has 4 heterocycles. The molecule has 6 nitrogen and oxygen atoms in total. The summed E-state index contributed by atoms with van der Waals surface area (Å²) in [5.41, 5.74) is 0.737. The lowest BCUT2D eigenvalue weighted by molar-refractivity contribution is -0.181.